The van der Waals surface area contributed by atoms with Crippen molar-refractivity contribution in [1.29, 1.82) is 0 Å². The first-order valence-electron chi connectivity index (χ1n) is 10.0. The molecule has 8 nitrogen and oxygen atoms in total. The van der Waals surface area contributed by atoms with Crippen LogP contribution in [0.2, 0.25) is 0 Å². The third kappa shape index (κ3) is 3.98. The summed E-state index contributed by atoms with van der Waals surface area (Å²) in [6.45, 7) is 5.76. The summed E-state index contributed by atoms with van der Waals surface area (Å²) in [5.41, 5.74) is 1.56. The van der Waals surface area contributed by atoms with Gasteiger partial charge in [-0.25, -0.2) is 14.3 Å². The lowest BCUT2D eigenvalue weighted by Gasteiger charge is -2.15. The summed E-state index contributed by atoms with van der Waals surface area (Å²) in [6, 6.07) is 7.43. The van der Waals surface area contributed by atoms with Crippen molar-refractivity contribution in [3.63, 3.8) is 0 Å². The second-order valence-electron chi connectivity index (χ2n) is 6.93. The Morgan fingerprint density at radius 1 is 1.10 bits per heavy atom. The molecule has 0 saturated carbocycles. The summed E-state index contributed by atoms with van der Waals surface area (Å²) in [5.74, 6) is -0.0507. The Hall–Kier alpha value is -3.42. The zero-order valence-electron chi connectivity index (χ0n) is 17.7. The minimum atomic E-state index is -0.608. The number of rotatable bonds is 7. The van der Waals surface area contributed by atoms with Crippen molar-refractivity contribution in [3.8, 4) is 5.75 Å². The molecule has 1 N–H and O–H groups in total. The average molecular weight is 410 g/mol. The molecule has 2 heterocycles. The van der Waals surface area contributed by atoms with Gasteiger partial charge in [-0.2, -0.15) is 0 Å². The fraction of sp³-hybridized carbons (Fsp3) is 0.364. The van der Waals surface area contributed by atoms with Gasteiger partial charge in [0, 0.05) is 24.5 Å². The number of ether oxygens (including phenoxy) is 1. The molecular weight excluding hydrogens is 384 g/mol. The van der Waals surface area contributed by atoms with Crippen LogP contribution in [0, 0.1) is 0 Å². The number of nitrogens with one attached hydrogen (secondary N) is 1. The van der Waals surface area contributed by atoms with E-state index in [1.807, 2.05) is 32.9 Å². The maximum Gasteiger partial charge on any atom is 0.332 e. The molecule has 3 aromatic rings. The molecule has 1 amide bonds. The minimum Gasteiger partial charge on any atom is -0.493 e. The van der Waals surface area contributed by atoms with Gasteiger partial charge in [-0.05, 0) is 37.5 Å². The van der Waals surface area contributed by atoms with E-state index in [1.165, 1.54) is 11.6 Å². The number of carbonyl (C=O) groups excluding carboxylic acids is 1. The lowest BCUT2D eigenvalue weighted by Crippen LogP contribution is -2.42. The van der Waals surface area contributed by atoms with Crippen molar-refractivity contribution in [1.82, 2.24) is 14.1 Å². The molecule has 0 aliphatic rings. The second-order valence-corrected chi connectivity index (χ2v) is 6.93. The number of pyridine rings is 1. The van der Waals surface area contributed by atoms with Crippen LogP contribution >= 0.6 is 0 Å². The molecule has 0 spiro atoms. The number of aryl methyl sites for hydroxylation is 3. The van der Waals surface area contributed by atoms with Crippen molar-refractivity contribution in [3.05, 3.63) is 62.4 Å². The largest absolute Gasteiger partial charge is 0.493 e. The summed E-state index contributed by atoms with van der Waals surface area (Å²) in [7, 11) is 1.52. The van der Waals surface area contributed by atoms with Gasteiger partial charge >= 0.3 is 5.69 Å². The standard InChI is InChI=1S/C22H26N4O4/c1-5-14-8-10-16(11-9-14)24-17(27)13-26-21(28)18-19(30-7-3)15(6-2)12-23-20(18)25(4)22(26)29/h8-12H,5-7,13H2,1-4H3,(H,24,27). The van der Waals surface area contributed by atoms with Gasteiger partial charge in [0.05, 0.1) is 6.61 Å². The predicted molar refractivity (Wildman–Crippen MR) is 116 cm³/mol. The van der Waals surface area contributed by atoms with Crippen LogP contribution in [0.15, 0.2) is 40.1 Å². The third-order valence-electron chi connectivity index (χ3n) is 5.00. The summed E-state index contributed by atoms with van der Waals surface area (Å²) in [4.78, 5) is 42.8. The predicted octanol–water partition coefficient (Wildman–Crippen LogP) is 2.26. The molecule has 0 atom stereocenters. The monoisotopic (exact) mass is 410 g/mol. The highest BCUT2D eigenvalue weighted by molar-refractivity contribution is 5.91. The van der Waals surface area contributed by atoms with Crippen molar-refractivity contribution < 1.29 is 9.53 Å². The highest BCUT2D eigenvalue weighted by atomic mass is 16.5. The van der Waals surface area contributed by atoms with E-state index in [9.17, 15) is 14.4 Å². The maximum absolute atomic E-state index is 13.2. The van der Waals surface area contributed by atoms with Crippen LogP contribution in [0.5, 0.6) is 5.75 Å². The van der Waals surface area contributed by atoms with Gasteiger partial charge < -0.3 is 10.1 Å². The smallest absolute Gasteiger partial charge is 0.332 e. The van der Waals surface area contributed by atoms with Crippen LogP contribution < -0.4 is 21.3 Å². The molecule has 0 saturated heterocycles. The van der Waals surface area contributed by atoms with E-state index in [1.54, 1.807) is 18.3 Å². The Kier molecular flexibility index (Phi) is 6.34. The Balaban J connectivity index is 2.04. The summed E-state index contributed by atoms with van der Waals surface area (Å²) in [5, 5.41) is 2.94. The minimum absolute atomic E-state index is 0.207. The van der Waals surface area contributed by atoms with E-state index in [2.05, 4.69) is 10.3 Å². The average Bonchev–Trinajstić information content (AvgIpc) is 2.75. The normalized spacial score (nSPS) is 10.9. The molecule has 1 aromatic carbocycles. The van der Waals surface area contributed by atoms with Crippen molar-refractivity contribution >= 4 is 22.6 Å². The topological polar surface area (TPSA) is 95.2 Å². The SMILES string of the molecule is CCOc1c(CC)cnc2c1c(=O)n(CC(=O)Nc1ccc(CC)cc1)c(=O)n2C. The fourth-order valence-electron chi connectivity index (χ4n) is 3.33. The Bertz CT molecular complexity index is 1190. The van der Waals surface area contributed by atoms with Crippen LogP contribution in [0.1, 0.15) is 31.9 Å². The van der Waals surface area contributed by atoms with Gasteiger partial charge in [0.2, 0.25) is 5.91 Å². The summed E-state index contributed by atoms with van der Waals surface area (Å²) < 4.78 is 7.91. The Morgan fingerprint density at radius 3 is 2.40 bits per heavy atom. The first-order valence-corrected chi connectivity index (χ1v) is 10.0. The zero-order chi connectivity index (χ0) is 21.8. The van der Waals surface area contributed by atoms with Crippen LogP contribution in [-0.4, -0.2) is 26.6 Å². The van der Waals surface area contributed by atoms with Gasteiger partial charge in [0.1, 0.15) is 17.7 Å². The van der Waals surface area contributed by atoms with Gasteiger partial charge in [-0.3, -0.25) is 14.2 Å². The number of anilines is 1. The van der Waals surface area contributed by atoms with Crippen molar-refractivity contribution in [2.24, 2.45) is 7.05 Å². The van der Waals surface area contributed by atoms with Gasteiger partial charge in [0.25, 0.3) is 5.56 Å². The maximum atomic E-state index is 13.2. The van der Waals surface area contributed by atoms with Crippen LogP contribution in [0.4, 0.5) is 5.69 Å². The molecule has 3 rings (SSSR count). The quantitative estimate of drug-likeness (QED) is 0.645. The van der Waals surface area contributed by atoms with E-state index in [0.29, 0.717) is 24.5 Å². The molecule has 158 valence electrons. The second kappa shape index (κ2) is 8.94. The fourth-order valence-corrected chi connectivity index (χ4v) is 3.33. The first-order chi connectivity index (χ1) is 14.4. The van der Waals surface area contributed by atoms with Crippen molar-refractivity contribution in [2.75, 3.05) is 11.9 Å². The number of nitrogens with zero attached hydrogens (tertiary/aromatic N) is 3. The number of amides is 1. The Morgan fingerprint density at radius 2 is 1.80 bits per heavy atom. The number of benzene rings is 1. The molecule has 0 bridgehead atoms. The number of hydrogen-bond acceptors (Lipinski definition) is 5. The van der Waals surface area contributed by atoms with E-state index >= 15 is 0 Å². The first kappa shape index (κ1) is 21.3. The highest BCUT2D eigenvalue weighted by Gasteiger charge is 2.20. The molecule has 0 aliphatic carbocycles. The summed E-state index contributed by atoms with van der Waals surface area (Å²) in [6.07, 6.45) is 3.13. The highest BCUT2D eigenvalue weighted by Crippen LogP contribution is 2.25. The number of hydrogen-bond donors (Lipinski definition) is 1. The molecule has 2 aromatic heterocycles. The zero-order valence-corrected chi connectivity index (χ0v) is 17.7. The van der Waals surface area contributed by atoms with Crippen molar-refractivity contribution in [2.45, 2.75) is 40.2 Å². The van der Waals surface area contributed by atoms with Crippen LogP contribution in [0.3, 0.4) is 0 Å². The molecule has 0 fully saturated rings. The van der Waals surface area contributed by atoms with Gasteiger partial charge in [-0.15, -0.1) is 0 Å². The third-order valence-corrected chi connectivity index (χ3v) is 5.00. The molecule has 0 unspecified atom stereocenters. The van der Waals surface area contributed by atoms with E-state index < -0.39 is 23.7 Å². The Labute approximate surface area is 174 Å². The van der Waals surface area contributed by atoms with Gasteiger partial charge in [0.15, 0.2) is 5.65 Å². The molecular formula is C22H26N4O4. The number of carbonyl (C=O) groups is 1. The van der Waals surface area contributed by atoms with E-state index in [4.69, 9.17) is 4.74 Å². The molecule has 0 aliphatic heterocycles. The van der Waals surface area contributed by atoms with Crippen LogP contribution in [-0.2, 0) is 31.2 Å². The van der Waals surface area contributed by atoms with Crippen LogP contribution in [0.25, 0.3) is 11.0 Å². The number of aromatic nitrogens is 3. The lowest BCUT2D eigenvalue weighted by atomic mass is 10.1. The van der Waals surface area contributed by atoms with E-state index in [0.717, 1.165) is 22.1 Å². The number of fused-ring (bicyclic) bond motifs is 1. The summed E-state index contributed by atoms with van der Waals surface area (Å²) >= 11 is 0. The molecule has 30 heavy (non-hydrogen) atoms. The molecule has 0 radical (unpaired) electrons. The lowest BCUT2D eigenvalue weighted by molar-refractivity contribution is -0.116. The van der Waals surface area contributed by atoms with Gasteiger partial charge in [-0.1, -0.05) is 26.0 Å². The van der Waals surface area contributed by atoms with E-state index in [-0.39, 0.29) is 11.0 Å². The molecule has 8 heteroatoms.